The van der Waals surface area contributed by atoms with Crippen molar-refractivity contribution in [3.05, 3.63) is 80.9 Å². The van der Waals surface area contributed by atoms with E-state index in [-0.39, 0.29) is 10.9 Å². The molecule has 31 heavy (non-hydrogen) atoms. The normalized spacial score (nSPS) is 16.9. The first-order chi connectivity index (χ1) is 14.7. The van der Waals surface area contributed by atoms with Gasteiger partial charge in [0.05, 0.1) is 26.2 Å². The third kappa shape index (κ3) is 4.98. The number of nitrogens with one attached hydrogen (secondary N) is 1. The third-order valence-corrected chi connectivity index (χ3v) is 5.81. The lowest BCUT2D eigenvalue weighted by Crippen LogP contribution is -2.19. The number of amides is 1. The van der Waals surface area contributed by atoms with Gasteiger partial charge in [0.15, 0.2) is 5.17 Å². The summed E-state index contributed by atoms with van der Waals surface area (Å²) in [6.07, 6.45) is -2.95. The Bertz CT molecular complexity index is 1240. The molecular formula is C21H11Cl2F3N2O2S. The molecule has 0 aliphatic carbocycles. The van der Waals surface area contributed by atoms with E-state index in [0.717, 1.165) is 29.5 Å². The largest absolute Gasteiger partial charge is 0.457 e. The van der Waals surface area contributed by atoms with Gasteiger partial charge in [-0.15, -0.1) is 0 Å². The van der Waals surface area contributed by atoms with Gasteiger partial charge in [-0.3, -0.25) is 4.79 Å². The molecule has 4 nitrogen and oxygen atoms in total. The number of aliphatic imine (C=N–C) groups is 1. The number of hydrogen-bond donors (Lipinski definition) is 1. The second kappa shape index (κ2) is 8.45. The summed E-state index contributed by atoms with van der Waals surface area (Å²) in [6.45, 7) is 0. The minimum Gasteiger partial charge on any atom is -0.457 e. The van der Waals surface area contributed by atoms with Crippen molar-refractivity contribution in [2.75, 3.05) is 0 Å². The van der Waals surface area contributed by atoms with Gasteiger partial charge in [0.1, 0.15) is 11.5 Å². The Morgan fingerprint density at radius 2 is 1.84 bits per heavy atom. The Labute approximate surface area is 188 Å². The van der Waals surface area contributed by atoms with Crippen molar-refractivity contribution >= 4 is 57.8 Å². The number of alkyl halides is 3. The Balaban J connectivity index is 1.54. The molecule has 0 spiro atoms. The lowest BCUT2D eigenvalue weighted by molar-refractivity contribution is -0.137. The summed E-state index contributed by atoms with van der Waals surface area (Å²) in [7, 11) is 0. The highest BCUT2D eigenvalue weighted by atomic mass is 35.5. The van der Waals surface area contributed by atoms with Crippen molar-refractivity contribution in [3.8, 4) is 11.3 Å². The fourth-order valence-electron chi connectivity index (χ4n) is 2.71. The molecule has 1 aliphatic rings. The highest BCUT2D eigenvalue weighted by Gasteiger charge is 2.30. The van der Waals surface area contributed by atoms with Gasteiger partial charge in [0.25, 0.3) is 5.91 Å². The van der Waals surface area contributed by atoms with E-state index in [9.17, 15) is 18.0 Å². The van der Waals surface area contributed by atoms with Crippen LogP contribution in [0.2, 0.25) is 10.0 Å². The third-order valence-electron chi connectivity index (χ3n) is 4.16. The molecule has 1 aliphatic heterocycles. The fraction of sp³-hybridized carbons (Fsp3) is 0.0476. The minimum absolute atomic E-state index is 0.0822. The van der Waals surface area contributed by atoms with E-state index in [1.54, 1.807) is 30.3 Å². The monoisotopic (exact) mass is 482 g/mol. The van der Waals surface area contributed by atoms with Crippen LogP contribution in [0.25, 0.3) is 17.4 Å². The fourth-order valence-corrected chi connectivity index (χ4v) is 3.83. The average Bonchev–Trinajstić information content (AvgIpc) is 3.30. The van der Waals surface area contributed by atoms with Gasteiger partial charge in [-0.25, -0.2) is 4.99 Å². The van der Waals surface area contributed by atoms with Crippen LogP contribution in [0.3, 0.4) is 0 Å². The van der Waals surface area contributed by atoms with E-state index < -0.39 is 17.6 Å². The molecular weight excluding hydrogens is 472 g/mol. The van der Waals surface area contributed by atoms with Crippen LogP contribution < -0.4 is 5.32 Å². The predicted octanol–water partition coefficient (Wildman–Crippen LogP) is 7.16. The smallest absolute Gasteiger partial charge is 0.416 e. The average molecular weight is 483 g/mol. The van der Waals surface area contributed by atoms with Gasteiger partial charge in [-0.2, -0.15) is 13.2 Å². The number of furan rings is 1. The lowest BCUT2D eigenvalue weighted by Gasteiger charge is -2.06. The number of benzene rings is 2. The molecule has 1 saturated heterocycles. The SMILES string of the molecule is O=C1NC(=Nc2cccc(C(F)(F)F)c2)SC1=Cc1ccc(-c2ccc(Cl)c(Cl)c2)o1. The Hall–Kier alpha value is -2.68. The standard InChI is InChI=1S/C21H11Cl2F3N2O2S/c22-15-6-4-11(8-16(15)23)17-7-5-14(30-17)10-18-19(29)28-20(31-18)27-13-3-1-2-12(9-13)21(24,25)26/h1-10H,(H,27,28,29). The molecule has 1 amide bonds. The number of carbonyl (C=O) groups excluding carboxylic acids is 1. The summed E-state index contributed by atoms with van der Waals surface area (Å²) in [5.41, 5.74) is -0.0157. The van der Waals surface area contributed by atoms with Crippen LogP contribution in [0.4, 0.5) is 18.9 Å². The molecule has 0 radical (unpaired) electrons. The zero-order valence-corrected chi connectivity index (χ0v) is 17.7. The van der Waals surface area contributed by atoms with E-state index in [1.807, 2.05) is 0 Å². The number of thioether (sulfide) groups is 1. The van der Waals surface area contributed by atoms with Crippen molar-refractivity contribution in [1.29, 1.82) is 0 Å². The number of carbonyl (C=O) groups is 1. The first-order valence-corrected chi connectivity index (χ1v) is 10.3. The number of halogens is 5. The molecule has 10 heteroatoms. The summed E-state index contributed by atoms with van der Waals surface area (Å²) in [6, 6.07) is 13.0. The number of rotatable bonds is 3. The van der Waals surface area contributed by atoms with Crippen LogP contribution in [0.1, 0.15) is 11.3 Å². The first kappa shape index (κ1) is 21.5. The molecule has 1 aromatic heterocycles. The zero-order valence-electron chi connectivity index (χ0n) is 15.3. The van der Waals surface area contributed by atoms with E-state index in [0.29, 0.717) is 26.5 Å². The molecule has 0 bridgehead atoms. The van der Waals surface area contributed by atoms with Crippen LogP contribution in [0, 0.1) is 0 Å². The molecule has 2 heterocycles. The highest BCUT2D eigenvalue weighted by Crippen LogP contribution is 2.34. The topological polar surface area (TPSA) is 54.6 Å². The second-order valence-electron chi connectivity index (χ2n) is 6.36. The molecule has 1 N–H and O–H groups in total. The van der Waals surface area contributed by atoms with Gasteiger partial charge in [0, 0.05) is 11.6 Å². The van der Waals surface area contributed by atoms with E-state index in [2.05, 4.69) is 10.3 Å². The van der Waals surface area contributed by atoms with Crippen molar-refractivity contribution in [1.82, 2.24) is 5.32 Å². The van der Waals surface area contributed by atoms with Crippen molar-refractivity contribution in [3.63, 3.8) is 0 Å². The molecule has 4 rings (SSSR count). The Morgan fingerprint density at radius 3 is 2.58 bits per heavy atom. The minimum atomic E-state index is -4.47. The Morgan fingerprint density at radius 1 is 1.03 bits per heavy atom. The quantitative estimate of drug-likeness (QED) is 0.402. The first-order valence-electron chi connectivity index (χ1n) is 8.71. The van der Waals surface area contributed by atoms with Gasteiger partial charge < -0.3 is 9.73 Å². The number of hydrogen-bond acceptors (Lipinski definition) is 4. The van der Waals surface area contributed by atoms with E-state index in [1.165, 1.54) is 18.2 Å². The van der Waals surface area contributed by atoms with Crippen LogP contribution >= 0.6 is 35.0 Å². The van der Waals surface area contributed by atoms with Crippen molar-refractivity contribution in [2.45, 2.75) is 6.18 Å². The number of nitrogens with zero attached hydrogens (tertiary/aromatic N) is 1. The van der Waals surface area contributed by atoms with Gasteiger partial charge >= 0.3 is 6.18 Å². The van der Waals surface area contributed by atoms with Crippen LogP contribution in [-0.4, -0.2) is 11.1 Å². The summed E-state index contributed by atoms with van der Waals surface area (Å²) in [5, 5.41) is 3.51. The van der Waals surface area contributed by atoms with Gasteiger partial charge in [-0.1, -0.05) is 29.3 Å². The molecule has 1 fully saturated rings. The molecule has 0 saturated carbocycles. The van der Waals surface area contributed by atoms with Crippen molar-refractivity contribution in [2.24, 2.45) is 4.99 Å². The maximum absolute atomic E-state index is 12.9. The van der Waals surface area contributed by atoms with Crippen LogP contribution in [0.15, 0.2) is 68.9 Å². The molecule has 0 unspecified atom stereocenters. The molecule has 2 aromatic carbocycles. The predicted molar refractivity (Wildman–Crippen MR) is 116 cm³/mol. The van der Waals surface area contributed by atoms with Crippen LogP contribution in [-0.2, 0) is 11.0 Å². The van der Waals surface area contributed by atoms with Crippen LogP contribution in [0.5, 0.6) is 0 Å². The molecule has 0 atom stereocenters. The van der Waals surface area contributed by atoms with Gasteiger partial charge in [0.2, 0.25) is 0 Å². The summed E-state index contributed by atoms with van der Waals surface area (Å²) in [4.78, 5) is 16.6. The second-order valence-corrected chi connectivity index (χ2v) is 8.21. The summed E-state index contributed by atoms with van der Waals surface area (Å²) in [5.74, 6) is 0.522. The zero-order chi connectivity index (χ0) is 22.2. The summed E-state index contributed by atoms with van der Waals surface area (Å²) >= 11 is 12.9. The summed E-state index contributed by atoms with van der Waals surface area (Å²) < 4.78 is 44.3. The van der Waals surface area contributed by atoms with E-state index >= 15 is 0 Å². The number of amidine groups is 1. The highest BCUT2D eigenvalue weighted by molar-refractivity contribution is 8.18. The molecule has 3 aromatic rings. The van der Waals surface area contributed by atoms with E-state index in [4.69, 9.17) is 27.6 Å². The van der Waals surface area contributed by atoms with Crippen molar-refractivity contribution < 1.29 is 22.4 Å². The Kier molecular flexibility index (Phi) is 5.88. The molecule has 158 valence electrons. The van der Waals surface area contributed by atoms with Gasteiger partial charge in [-0.05, 0) is 60.3 Å². The maximum atomic E-state index is 12.9. The maximum Gasteiger partial charge on any atom is 0.416 e. The lowest BCUT2D eigenvalue weighted by atomic mass is 10.2.